The molecule has 0 spiro atoms. The molecule has 2 atom stereocenters. The van der Waals surface area contributed by atoms with Gasteiger partial charge in [0, 0.05) is 12.2 Å². The zero-order valence-electron chi connectivity index (χ0n) is 22.5. The Morgan fingerprint density at radius 1 is 0.950 bits per heavy atom. The van der Waals surface area contributed by atoms with Crippen molar-refractivity contribution in [1.29, 1.82) is 0 Å². The van der Waals surface area contributed by atoms with E-state index >= 15 is 4.39 Å². The molecule has 2 fully saturated rings. The molecule has 6 rings (SSSR count). The lowest BCUT2D eigenvalue weighted by atomic mass is 9.73. The average Bonchev–Trinajstić information content (AvgIpc) is 3.31. The molecule has 3 aliphatic rings. The monoisotopic (exact) mass is 538 g/mol. The number of benzene rings is 3. The van der Waals surface area contributed by atoms with Crippen LogP contribution in [0.1, 0.15) is 72.6 Å². The molecule has 206 valence electrons. The van der Waals surface area contributed by atoms with Crippen molar-refractivity contribution in [3.63, 3.8) is 0 Å². The molecular formula is C33H35FN4O2. The van der Waals surface area contributed by atoms with Gasteiger partial charge in [0.1, 0.15) is 6.23 Å². The summed E-state index contributed by atoms with van der Waals surface area (Å²) in [5.41, 5.74) is 16.7. The van der Waals surface area contributed by atoms with E-state index in [1.165, 1.54) is 17.6 Å². The molecule has 0 radical (unpaired) electrons. The Bertz CT molecular complexity index is 1420. The van der Waals surface area contributed by atoms with E-state index in [1.54, 1.807) is 6.08 Å². The van der Waals surface area contributed by atoms with E-state index in [-0.39, 0.29) is 12.1 Å². The van der Waals surface area contributed by atoms with E-state index in [0.717, 1.165) is 60.1 Å². The van der Waals surface area contributed by atoms with Gasteiger partial charge in [-0.05, 0) is 89.6 Å². The SMILES string of the molecule is NC(/C=C/c1ccc(/C(=C(\c2ccccc2)C2CCC2)c2ccc3c(c2)C(F)NN3C2CCCCO2)cc1)=N\O. The number of halogens is 1. The van der Waals surface area contributed by atoms with Gasteiger partial charge in [0.15, 0.2) is 12.1 Å². The van der Waals surface area contributed by atoms with E-state index in [2.05, 4.69) is 53.0 Å². The molecule has 1 aliphatic carbocycles. The van der Waals surface area contributed by atoms with Crippen molar-refractivity contribution in [3.05, 3.63) is 107 Å². The summed E-state index contributed by atoms with van der Waals surface area (Å²) < 4.78 is 21.5. The highest BCUT2D eigenvalue weighted by Crippen LogP contribution is 2.46. The van der Waals surface area contributed by atoms with Gasteiger partial charge in [0.25, 0.3) is 0 Å². The summed E-state index contributed by atoms with van der Waals surface area (Å²) in [4.78, 5) is 0. The molecule has 0 bridgehead atoms. The van der Waals surface area contributed by atoms with Crippen LogP contribution in [0.4, 0.5) is 10.1 Å². The number of alkyl halides is 1. The number of nitrogens with zero attached hydrogens (tertiary/aromatic N) is 2. The third kappa shape index (κ3) is 5.27. The molecule has 2 heterocycles. The van der Waals surface area contributed by atoms with Gasteiger partial charge in [-0.3, -0.25) is 5.01 Å². The maximum absolute atomic E-state index is 15.5. The van der Waals surface area contributed by atoms with E-state index < -0.39 is 6.30 Å². The Morgan fingerprint density at radius 2 is 1.73 bits per heavy atom. The zero-order valence-corrected chi connectivity index (χ0v) is 22.5. The Kier molecular flexibility index (Phi) is 7.66. The quantitative estimate of drug-likeness (QED) is 0.0752. The van der Waals surface area contributed by atoms with Crippen molar-refractivity contribution in [1.82, 2.24) is 5.43 Å². The first-order valence-corrected chi connectivity index (χ1v) is 14.1. The topological polar surface area (TPSA) is 83.1 Å². The summed E-state index contributed by atoms with van der Waals surface area (Å²) in [5, 5.41) is 13.7. The van der Waals surface area contributed by atoms with Crippen LogP contribution in [-0.4, -0.2) is 23.9 Å². The Morgan fingerprint density at radius 3 is 2.40 bits per heavy atom. The molecule has 1 saturated carbocycles. The van der Waals surface area contributed by atoms with Gasteiger partial charge in [-0.1, -0.05) is 78.3 Å². The Hall–Kier alpha value is -3.94. The fraction of sp³-hybridized carbons (Fsp3) is 0.303. The van der Waals surface area contributed by atoms with Gasteiger partial charge in [0.05, 0.1) is 5.69 Å². The van der Waals surface area contributed by atoms with Crippen molar-refractivity contribution in [2.45, 2.75) is 51.0 Å². The van der Waals surface area contributed by atoms with Crippen LogP contribution in [0, 0.1) is 5.92 Å². The smallest absolute Gasteiger partial charge is 0.195 e. The number of rotatable bonds is 7. The average molecular weight is 539 g/mol. The van der Waals surface area contributed by atoms with Crippen LogP contribution in [0.5, 0.6) is 0 Å². The minimum absolute atomic E-state index is 0.0428. The minimum atomic E-state index is -1.29. The standard InChI is InChI=1S/C33H35FN4O2/c34-33-27-21-26(17-18-28(27)38(36-33)30-11-4-5-20-40-30)32(25-15-12-22(13-16-25)14-19-29(35)37-39)31(24-9-6-10-24)23-7-2-1-3-8-23/h1-3,7-8,12-19,21,24,30,33,36,39H,4-6,9-11,20H2,(H2,35,37)/b19-14+,32-31-. The predicted molar refractivity (Wildman–Crippen MR) is 158 cm³/mol. The maximum atomic E-state index is 15.5. The summed E-state index contributed by atoms with van der Waals surface area (Å²) in [7, 11) is 0. The van der Waals surface area contributed by atoms with Crippen LogP contribution in [-0.2, 0) is 4.74 Å². The van der Waals surface area contributed by atoms with Gasteiger partial charge < -0.3 is 15.7 Å². The third-order valence-corrected chi connectivity index (χ3v) is 8.17. The molecule has 40 heavy (non-hydrogen) atoms. The summed E-state index contributed by atoms with van der Waals surface area (Å²) in [5.74, 6) is 0.485. The van der Waals surface area contributed by atoms with Gasteiger partial charge in [-0.15, -0.1) is 0 Å². The number of allylic oxidation sites excluding steroid dienone is 1. The van der Waals surface area contributed by atoms with E-state index in [0.29, 0.717) is 18.1 Å². The summed E-state index contributed by atoms with van der Waals surface area (Å²) in [6, 6.07) is 25.0. The number of anilines is 1. The predicted octanol–water partition coefficient (Wildman–Crippen LogP) is 7.02. The molecule has 0 aromatic heterocycles. The second-order valence-electron chi connectivity index (χ2n) is 10.7. The van der Waals surface area contributed by atoms with Crippen molar-refractivity contribution in [2.75, 3.05) is 11.6 Å². The number of amidine groups is 1. The molecule has 3 aromatic rings. The highest BCUT2D eigenvalue weighted by Gasteiger charge is 2.35. The summed E-state index contributed by atoms with van der Waals surface area (Å²) >= 11 is 0. The molecule has 2 unspecified atom stereocenters. The van der Waals surface area contributed by atoms with Crippen molar-refractivity contribution in [2.24, 2.45) is 16.8 Å². The lowest BCUT2D eigenvalue weighted by molar-refractivity contribution is 0.00520. The number of ether oxygens (including phenoxy) is 1. The van der Waals surface area contributed by atoms with Crippen LogP contribution >= 0.6 is 0 Å². The van der Waals surface area contributed by atoms with Gasteiger partial charge in [-0.2, -0.15) is 5.43 Å². The first-order valence-electron chi connectivity index (χ1n) is 14.1. The largest absolute Gasteiger partial charge is 0.409 e. The lowest BCUT2D eigenvalue weighted by Gasteiger charge is -2.33. The van der Waals surface area contributed by atoms with E-state index in [4.69, 9.17) is 15.7 Å². The summed E-state index contributed by atoms with van der Waals surface area (Å²) in [6.07, 6.45) is 8.40. The molecule has 6 nitrogen and oxygen atoms in total. The van der Waals surface area contributed by atoms with Gasteiger partial charge >= 0.3 is 0 Å². The molecular weight excluding hydrogens is 503 g/mol. The fourth-order valence-electron chi connectivity index (χ4n) is 5.91. The highest BCUT2D eigenvalue weighted by atomic mass is 19.1. The molecule has 7 heteroatoms. The zero-order chi connectivity index (χ0) is 27.5. The molecule has 3 aromatic carbocycles. The van der Waals surface area contributed by atoms with Crippen LogP contribution in [0.2, 0.25) is 0 Å². The number of oxime groups is 1. The minimum Gasteiger partial charge on any atom is -0.409 e. The number of hydrogen-bond donors (Lipinski definition) is 3. The third-order valence-electron chi connectivity index (χ3n) is 8.17. The Balaban J connectivity index is 1.46. The number of nitrogens with two attached hydrogens (primary N) is 1. The first kappa shape index (κ1) is 26.3. The highest BCUT2D eigenvalue weighted by molar-refractivity contribution is 6.00. The second kappa shape index (κ2) is 11.7. The molecule has 4 N–H and O–H groups in total. The molecule has 1 saturated heterocycles. The lowest BCUT2D eigenvalue weighted by Crippen LogP contribution is -2.45. The van der Waals surface area contributed by atoms with Crippen LogP contribution in [0.15, 0.2) is 84.0 Å². The number of nitrogens with one attached hydrogen (secondary N) is 1. The van der Waals surface area contributed by atoms with Crippen molar-refractivity contribution >= 4 is 28.7 Å². The summed E-state index contributed by atoms with van der Waals surface area (Å²) in [6.45, 7) is 0.701. The van der Waals surface area contributed by atoms with Crippen LogP contribution < -0.4 is 16.2 Å². The van der Waals surface area contributed by atoms with Gasteiger partial charge in [0.2, 0.25) is 0 Å². The van der Waals surface area contributed by atoms with E-state index in [9.17, 15) is 0 Å². The molecule has 0 amide bonds. The maximum Gasteiger partial charge on any atom is 0.195 e. The van der Waals surface area contributed by atoms with E-state index in [1.807, 2.05) is 41.4 Å². The normalized spacial score (nSPS) is 22.2. The van der Waals surface area contributed by atoms with Crippen LogP contribution in [0.3, 0.4) is 0 Å². The second-order valence-corrected chi connectivity index (χ2v) is 10.7. The van der Waals surface area contributed by atoms with Gasteiger partial charge in [-0.25, -0.2) is 4.39 Å². The molecule has 2 aliphatic heterocycles. The van der Waals surface area contributed by atoms with Crippen molar-refractivity contribution < 1.29 is 14.3 Å². The fourth-order valence-corrected chi connectivity index (χ4v) is 5.91. The van der Waals surface area contributed by atoms with Crippen LogP contribution in [0.25, 0.3) is 17.2 Å². The number of hydrazine groups is 1. The number of hydrogen-bond acceptors (Lipinski definition) is 5. The first-order chi connectivity index (χ1) is 19.6. The number of fused-ring (bicyclic) bond motifs is 1. The Labute approximate surface area is 234 Å². The van der Waals surface area contributed by atoms with Crippen molar-refractivity contribution in [3.8, 4) is 0 Å².